The molecule has 1 heterocycles. The van der Waals surface area contributed by atoms with E-state index in [9.17, 15) is 0 Å². The van der Waals surface area contributed by atoms with Gasteiger partial charge in [0.1, 0.15) is 0 Å². The van der Waals surface area contributed by atoms with Crippen LogP contribution in [0, 0.1) is 5.41 Å². The summed E-state index contributed by atoms with van der Waals surface area (Å²) in [5, 5.41) is 7.73. The second kappa shape index (κ2) is 8.13. The van der Waals surface area contributed by atoms with E-state index in [4.69, 9.17) is 4.74 Å². The summed E-state index contributed by atoms with van der Waals surface area (Å²) in [6.07, 6.45) is 6.52. The van der Waals surface area contributed by atoms with E-state index >= 15 is 0 Å². The van der Waals surface area contributed by atoms with Crippen molar-refractivity contribution in [2.75, 3.05) is 39.1 Å². The number of hydrogen-bond acceptors (Lipinski definition) is 3. The molecule has 1 saturated heterocycles. The molecule has 1 saturated carbocycles. The summed E-state index contributed by atoms with van der Waals surface area (Å²) in [6.45, 7) is 5.84. The summed E-state index contributed by atoms with van der Waals surface area (Å²) in [4.78, 5) is 4.33. The van der Waals surface area contributed by atoms with E-state index < -0.39 is 0 Å². The number of nitrogens with one attached hydrogen (secondary N) is 2. The summed E-state index contributed by atoms with van der Waals surface area (Å²) in [5.74, 6) is 2.28. The van der Waals surface area contributed by atoms with E-state index in [0.717, 1.165) is 37.5 Å². The van der Waals surface area contributed by atoms with Crippen LogP contribution < -0.4 is 10.6 Å². The van der Waals surface area contributed by atoms with Gasteiger partial charge in [-0.25, -0.2) is 0 Å². The predicted octanol–water partition coefficient (Wildman–Crippen LogP) is 2.25. The molecule has 2 rings (SSSR count). The Balaban J connectivity index is 1.63. The Morgan fingerprint density at radius 3 is 2.85 bits per heavy atom. The van der Waals surface area contributed by atoms with Gasteiger partial charge < -0.3 is 15.4 Å². The van der Waals surface area contributed by atoms with Crippen LogP contribution >= 0.6 is 11.8 Å². The maximum atomic E-state index is 5.48. The average molecular weight is 299 g/mol. The molecule has 0 aromatic heterocycles. The minimum atomic E-state index is 0.467. The smallest absolute Gasteiger partial charge is 0.191 e. The summed E-state index contributed by atoms with van der Waals surface area (Å²) < 4.78 is 5.48. The third-order valence-corrected chi connectivity index (χ3v) is 5.71. The third kappa shape index (κ3) is 5.17. The molecular formula is C15H29N3OS. The number of nitrogens with zero attached hydrogens (tertiary/aromatic N) is 1. The number of rotatable bonds is 8. The van der Waals surface area contributed by atoms with E-state index in [1.54, 1.807) is 0 Å². The lowest BCUT2D eigenvalue weighted by Crippen LogP contribution is -2.42. The summed E-state index contributed by atoms with van der Waals surface area (Å²) in [7, 11) is 1.86. The molecule has 1 aliphatic heterocycles. The van der Waals surface area contributed by atoms with Crippen LogP contribution in [0.3, 0.4) is 0 Å². The lowest BCUT2D eigenvalue weighted by molar-refractivity contribution is 0.128. The Kier molecular flexibility index (Phi) is 6.49. The first kappa shape index (κ1) is 16.0. The van der Waals surface area contributed by atoms with E-state index in [1.165, 1.54) is 37.9 Å². The molecular weight excluding hydrogens is 270 g/mol. The van der Waals surface area contributed by atoms with Crippen molar-refractivity contribution in [2.45, 2.75) is 44.3 Å². The fraction of sp³-hybridized carbons (Fsp3) is 0.933. The van der Waals surface area contributed by atoms with Crippen molar-refractivity contribution in [3.63, 3.8) is 0 Å². The van der Waals surface area contributed by atoms with Crippen molar-refractivity contribution in [3.05, 3.63) is 0 Å². The molecule has 5 heteroatoms. The fourth-order valence-electron chi connectivity index (χ4n) is 2.63. The summed E-state index contributed by atoms with van der Waals surface area (Å²) in [6, 6.07) is 0. The molecule has 0 aromatic carbocycles. The highest BCUT2D eigenvalue weighted by Crippen LogP contribution is 2.48. The lowest BCUT2D eigenvalue weighted by atomic mass is 10.0. The molecule has 0 bridgehead atoms. The zero-order chi connectivity index (χ0) is 14.3. The molecule has 1 unspecified atom stereocenters. The zero-order valence-corrected chi connectivity index (χ0v) is 13.7. The fourth-order valence-corrected chi connectivity index (χ4v) is 3.83. The Hall–Kier alpha value is -0.420. The average Bonchev–Trinajstić information content (AvgIpc) is 3.03. The number of guanidine groups is 1. The van der Waals surface area contributed by atoms with E-state index in [1.807, 2.05) is 7.05 Å². The first-order valence-electron chi connectivity index (χ1n) is 7.92. The number of aliphatic imine (C=N–C) groups is 1. The van der Waals surface area contributed by atoms with E-state index in [0.29, 0.717) is 5.41 Å². The van der Waals surface area contributed by atoms with Crippen LogP contribution in [0.1, 0.15) is 39.0 Å². The van der Waals surface area contributed by atoms with Crippen LogP contribution in [0.4, 0.5) is 0 Å². The lowest BCUT2D eigenvalue weighted by Gasteiger charge is -2.19. The first-order chi connectivity index (χ1) is 9.78. The Bertz CT molecular complexity index is 312. The highest BCUT2D eigenvalue weighted by Gasteiger charge is 2.41. The normalized spacial score (nSPS) is 24.7. The highest BCUT2D eigenvalue weighted by atomic mass is 32.2. The predicted molar refractivity (Wildman–Crippen MR) is 87.6 cm³/mol. The van der Waals surface area contributed by atoms with Gasteiger partial charge in [0.05, 0.1) is 0 Å². The molecule has 20 heavy (non-hydrogen) atoms. The maximum Gasteiger partial charge on any atom is 0.191 e. The molecule has 1 aliphatic carbocycles. The van der Waals surface area contributed by atoms with Crippen LogP contribution in [-0.2, 0) is 4.74 Å². The summed E-state index contributed by atoms with van der Waals surface area (Å²) in [5.41, 5.74) is 0.467. The van der Waals surface area contributed by atoms with Crippen molar-refractivity contribution in [1.29, 1.82) is 0 Å². The van der Waals surface area contributed by atoms with Gasteiger partial charge in [-0.05, 0) is 50.2 Å². The zero-order valence-electron chi connectivity index (χ0n) is 12.9. The standard InChI is InChI=1S/C15H29N3OS/c1-3-19-9-8-15(6-7-15)12-18-14(16-2)17-11-13-5-4-10-20-13/h13H,3-12H2,1-2H3,(H2,16,17,18). The Labute approximate surface area is 127 Å². The quantitative estimate of drug-likeness (QED) is 0.410. The van der Waals surface area contributed by atoms with Gasteiger partial charge in [0, 0.05) is 38.6 Å². The Morgan fingerprint density at radius 2 is 2.25 bits per heavy atom. The van der Waals surface area contributed by atoms with Gasteiger partial charge in [-0.1, -0.05) is 0 Å². The molecule has 0 radical (unpaired) electrons. The molecule has 0 aromatic rings. The van der Waals surface area contributed by atoms with Crippen molar-refractivity contribution in [1.82, 2.24) is 10.6 Å². The van der Waals surface area contributed by atoms with Crippen molar-refractivity contribution in [3.8, 4) is 0 Å². The number of ether oxygens (including phenoxy) is 1. The van der Waals surface area contributed by atoms with Crippen molar-refractivity contribution >= 4 is 17.7 Å². The summed E-state index contributed by atoms with van der Waals surface area (Å²) >= 11 is 2.08. The third-order valence-electron chi connectivity index (χ3n) is 4.31. The van der Waals surface area contributed by atoms with Crippen LogP contribution in [-0.4, -0.2) is 50.3 Å². The molecule has 0 amide bonds. The van der Waals surface area contributed by atoms with Gasteiger partial charge in [-0.15, -0.1) is 0 Å². The monoisotopic (exact) mass is 299 g/mol. The topological polar surface area (TPSA) is 45.6 Å². The molecule has 116 valence electrons. The SMILES string of the molecule is CCOCCC1(CNC(=NC)NCC2CCCS2)CC1. The van der Waals surface area contributed by atoms with Gasteiger partial charge >= 0.3 is 0 Å². The minimum Gasteiger partial charge on any atom is -0.382 e. The molecule has 2 aliphatic rings. The second-order valence-electron chi connectivity index (χ2n) is 5.89. The molecule has 2 fully saturated rings. The molecule has 1 atom stereocenters. The van der Waals surface area contributed by atoms with Crippen LogP contribution in [0.2, 0.25) is 0 Å². The highest BCUT2D eigenvalue weighted by molar-refractivity contribution is 8.00. The molecule has 0 spiro atoms. The number of hydrogen-bond donors (Lipinski definition) is 2. The van der Waals surface area contributed by atoms with Crippen molar-refractivity contribution in [2.24, 2.45) is 10.4 Å². The largest absolute Gasteiger partial charge is 0.382 e. The van der Waals surface area contributed by atoms with Gasteiger partial charge in [0.2, 0.25) is 0 Å². The second-order valence-corrected chi connectivity index (χ2v) is 7.30. The Morgan fingerprint density at radius 1 is 1.40 bits per heavy atom. The van der Waals surface area contributed by atoms with Crippen LogP contribution in [0.25, 0.3) is 0 Å². The number of thioether (sulfide) groups is 1. The first-order valence-corrected chi connectivity index (χ1v) is 8.97. The van der Waals surface area contributed by atoms with Gasteiger partial charge in [-0.2, -0.15) is 11.8 Å². The van der Waals surface area contributed by atoms with Crippen molar-refractivity contribution < 1.29 is 4.74 Å². The van der Waals surface area contributed by atoms with Gasteiger partial charge in [0.15, 0.2) is 5.96 Å². The van der Waals surface area contributed by atoms with Gasteiger partial charge in [0.25, 0.3) is 0 Å². The van der Waals surface area contributed by atoms with Crippen LogP contribution in [0.5, 0.6) is 0 Å². The van der Waals surface area contributed by atoms with E-state index in [2.05, 4.69) is 34.3 Å². The van der Waals surface area contributed by atoms with E-state index in [-0.39, 0.29) is 0 Å². The minimum absolute atomic E-state index is 0.467. The maximum absolute atomic E-state index is 5.48. The van der Waals surface area contributed by atoms with Crippen LogP contribution in [0.15, 0.2) is 4.99 Å². The van der Waals surface area contributed by atoms with Gasteiger partial charge in [-0.3, -0.25) is 4.99 Å². The molecule has 2 N–H and O–H groups in total. The molecule has 4 nitrogen and oxygen atoms in total.